The largest absolute Gasteiger partial charge is 0.442 e. The van der Waals surface area contributed by atoms with E-state index in [-0.39, 0.29) is 0 Å². The Morgan fingerprint density at radius 1 is 1.56 bits per heavy atom. The van der Waals surface area contributed by atoms with E-state index < -0.39 is 11.7 Å². The van der Waals surface area contributed by atoms with Gasteiger partial charge in [0.15, 0.2) is 0 Å². The van der Waals surface area contributed by atoms with E-state index in [1.165, 1.54) is 0 Å². The van der Waals surface area contributed by atoms with E-state index >= 15 is 0 Å². The van der Waals surface area contributed by atoms with Gasteiger partial charge in [-0.25, -0.2) is 4.79 Å². The molecule has 1 saturated heterocycles. The molecule has 1 atom stereocenters. The van der Waals surface area contributed by atoms with Crippen molar-refractivity contribution in [3.05, 3.63) is 0 Å². The zero-order valence-electron chi connectivity index (χ0n) is 10.3. The third-order valence-corrected chi connectivity index (χ3v) is 2.43. The molecule has 5 heteroatoms. The summed E-state index contributed by atoms with van der Waals surface area (Å²) in [5.74, 6) is 0.311. The number of nitrogens with zero attached hydrogens (tertiary/aromatic N) is 1. The summed E-state index contributed by atoms with van der Waals surface area (Å²) in [6, 6.07) is 0. The number of nitrogens with one attached hydrogen (secondary N) is 1. The average Bonchev–Trinajstić information content (AvgIpc) is 2.16. The fraction of sp³-hybridized carbons (Fsp3) is 0.909. The molecule has 94 valence electrons. The van der Waals surface area contributed by atoms with Gasteiger partial charge >= 0.3 is 6.09 Å². The SMILES string of the molecule is CC(C)(C)OC(=O)N(O)CC1CCCNC1. The van der Waals surface area contributed by atoms with Crippen molar-refractivity contribution in [3.8, 4) is 0 Å². The first kappa shape index (κ1) is 13.3. The van der Waals surface area contributed by atoms with Crippen LogP contribution < -0.4 is 5.32 Å². The second-order valence-electron chi connectivity index (χ2n) is 5.27. The minimum atomic E-state index is -0.668. The fourth-order valence-corrected chi connectivity index (χ4v) is 1.71. The minimum absolute atomic E-state index is 0.311. The Balaban J connectivity index is 2.33. The Morgan fingerprint density at radius 2 is 2.25 bits per heavy atom. The van der Waals surface area contributed by atoms with Crippen molar-refractivity contribution >= 4 is 6.09 Å². The van der Waals surface area contributed by atoms with E-state index in [1.807, 2.05) is 0 Å². The van der Waals surface area contributed by atoms with Crippen LogP contribution in [0.4, 0.5) is 4.79 Å². The number of hydrogen-bond acceptors (Lipinski definition) is 4. The standard InChI is InChI=1S/C11H22N2O3/c1-11(2,3)16-10(14)13(15)8-9-5-4-6-12-7-9/h9,12,15H,4-8H2,1-3H3. The molecule has 2 N–H and O–H groups in total. The lowest BCUT2D eigenvalue weighted by Gasteiger charge is -2.28. The highest BCUT2D eigenvalue weighted by molar-refractivity contribution is 5.66. The number of carbonyl (C=O) groups excluding carboxylic acids is 1. The molecule has 0 spiro atoms. The van der Waals surface area contributed by atoms with Crippen LogP contribution in [-0.2, 0) is 4.74 Å². The molecule has 1 aliphatic rings. The Labute approximate surface area is 96.7 Å². The highest BCUT2D eigenvalue weighted by atomic mass is 16.6. The summed E-state index contributed by atoms with van der Waals surface area (Å²) in [7, 11) is 0. The van der Waals surface area contributed by atoms with Crippen molar-refractivity contribution in [2.45, 2.75) is 39.2 Å². The van der Waals surface area contributed by atoms with Gasteiger partial charge in [-0.1, -0.05) is 0 Å². The third kappa shape index (κ3) is 4.81. The zero-order valence-corrected chi connectivity index (χ0v) is 10.3. The van der Waals surface area contributed by atoms with Crippen LogP contribution in [0, 0.1) is 5.92 Å². The molecule has 1 rings (SSSR count). The molecule has 1 aliphatic heterocycles. The smallest absolute Gasteiger partial charge is 0.434 e. The molecule has 0 aromatic heterocycles. The Kier molecular flexibility index (Phi) is 4.56. The third-order valence-electron chi connectivity index (χ3n) is 2.43. The maximum Gasteiger partial charge on any atom is 0.434 e. The molecule has 0 aliphatic carbocycles. The number of piperidine rings is 1. The van der Waals surface area contributed by atoms with Crippen LogP contribution >= 0.6 is 0 Å². The lowest BCUT2D eigenvalue weighted by atomic mass is 10.00. The molecule has 1 heterocycles. The van der Waals surface area contributed by atoms with Gasteiger partial charge in [-0.2, -0.15) is 5.06 Å². The maximum absolute atomic E-state index is 11.5. The van der Waals surface area contributed by atoms with Crippen LogP contribution in [0.15, 0.2) is 0 Å². The normalized spacial score (nSPS) is 21.6. The first-order valence-corrected chi connectivity index (χ1v) is 5.78. The van der Waals surface area contributed by atoms with Gasteiger partial charge in [0.05, 0.1) is 6.54 Å². The number of ether oxygens (including phenoxy) is 1. The van der Waals surface area contributed by atoms with Crippen molar-refractivity contribution in [2.24, 2.45) is 5.92 Å². The van der Waals surface area contributed by atoms with E-state index in [4.69, 9.17) is 4.74 Å². The first-order valence-electron chi connectivity index (χ1n) is 5.78. The number of rotatable bonds is 2. The summed E-state index contributed by atoms with van der Waals surface area (Å²) in [5, 5.41) is 13.5. The van der Waals surface area contributed by atoms with Gasteiger partial charge in [0, 0.05) is 0 Å². The van der Waals surface area contributed by atoms with E-state index in [0.717, 1.165) is 25.9 Å². The van der Waals surface area contributed by atoms with Gasteiger partial charge in [-0.3, -0.25) is 5.21 Å². The van der Waals surface area contributed by atoms with E-state index in [1.54, 1.807) is 20.8 Å². The number of amides is 1. The second kappa shape index (κ2) is 5.50. The number of hydrogen-bond donors (Lipinski definition) is 2. The Bertz CT molecular complexity index is 232. The number of carbonyl (C=O) groups is 1. The van der Waals surface area contributed by atoms with E-state index in [9.17, 15) is 10.0 Å². The van der Waals surface area contributed by atoms with Gasteiger partial charge in [0.2, 0.25) is 0 Å². The molecule has 1 unspecified atom stereocenters. The lowest BCUT2D eigenvalue weighted by molar-refractivity contribution is -0.102. The molecule has 16 heavy (non-hydrogen) atoms. The highest BCUT2D eigenvalue weighted by Crippen LogP contribution is 2.13. The summed E-state index contributed by atoms with van der Waals surface area (Å²) in [4.78, 5) is 11.5. The van der Waals surface area contributed by atoms with Crippen LogP contribution in [0.25, 0.3) is 0 Å². The quantitative estimate of drug-likeness (QED) is 0.559. The molecule has 0 saturated carbocycles. The lowest BCUT2D eigenvalue weighted by Crippen LogP contribution is -2.41. The number of hydroxylamine groups is 2. The zero-order chi connectivity index (χ0) is 12.2. The van der Waals surface area contributed by atoms with Gasteiger partial charge in [0.25, 0.3) is 0 Å². The Hall–Kier alpha value is -0.810. The van der Waals surface area contributed by atoms with Gasteiger partial charge in [-0.15, -0.1) is 0 Å². The van der Waals surface area contributed by atoms with E-state index in [2.05, 4.69) is 5.32 Å². The first-order chi connectivity index (χ1) is 7.38. The molecule has 0 aromatic carbocycles. The van der Waals surface area contributed by atoms with Crippen LogP contribution in [0.3, 0.4) is 0 Å². The van der Waals surface area contributed by atoms with Crippen molar-refractivity contribution in [1.29, 1.82) is 0 Å². The van der Waals surface area contributed by atoms with E-state index in [0.29, 0.717) is 17.5 Å². The maximum atomic E-state index is 11.5. The van der Waals surface area contributed by atoms with Crippen molar-refractivity contribution in [1.82, 2.24) is 10.4 Å². The predicted octanol–water partition coefficient (Wildman–Crippen LogP) is 1.61. The summed E-state index contributed by atoms with van der Waals surface area (Å²) in [6.45, 7) is 7.54. The topological polar surface area (TPSA) is 61.8 Å². The Morgan fingerprint density at radius 3 is 2.75 bits per heavy atom. The molecule has 1 amide bonds. The predicted molar refractivity (Wildman–Crippen MR) is 60.3 cm³/mol. The highest BCUT2D eigenvalue weighted by Gasteiger charge is 2.24. The van der Waals surface area contributed by atoms with Gasteiger partial charge in [0.1, 0.15) is 5.60 Å². The summed E-state index contributed by atoms with van der Waals surface area (Å²) < 4.78 is 5.06. The molecule has 0 bridgehead atoms. The molecule has 5 nitrogen and oxygen atoms in total. The van der Waals surface area contributed by atoms with Crippen LogP contribution in [0.1, 0.15) is 33.6 Å². The molecule has 1 fully saturated rings. The summed E-state index contributed by atoms with van der Waals surface area (Å²) in [6.07, 6.45) is 1.46. The summed E-state index contributed by atoms with van der Waals surface area (Å²) >= 11 is 0. The minimum Gasteiger partial charge on any atom is -0.442 e. The second-order valence-corrected chi connectivity index (χ2v) is 5.27. The molecule has 0 radical (unpaired) electrons. The molecule has 0 aromatic rings. The van der Waals surface area contributed by atoms with Gasteiger partial charge < -0.3 is 10.1 Å². The monoisotopic (exact) mass is 230 g/mol. The van der Waals surface area contributed by atoms with Crippen LogP contribution in [0.5, 0.6) is 0 Å². The van der Waals surface area contributed by atoms with Crippen LogP contribution in [-0.4, -0.2) is 41.6 Å². The van der Waals surface area contributed by atoms with Crippen molar-refractivity contribution < 1.29 is 14.7 Å². The van der Waals surface area contributed by atoms with Crippen molar-refractivity contribution in [2.75, 3.05) is 19.6 Å². The summed E-state index contributed by atoms with van der Waals surface area (Å²) in [5.41, 5.74) is -0.567. The van der Waals surface area contributed by atoms with Gasteiger partial charge in [-0.05, 0) is 52.6 Å². The molecular formula is C11H22N2O3. The molecular weight excluding hydrogens is 208 g/mol. The van der Waals surface area contributed by atoms with Crippen molar-refractivity contribution in [3.63, 3.8) is 0 Å². The average molecular weight is 230 g/mol. The fourth-order valence-electron chi connectivity index (χ4n) is 1.71. The van der Waals surface area contributed by atoms with Crippen LogP contribution in [0.2, 0.25) is 0 Å².